The maximum atomic E-state index is 12.7. The van der Waals surface area contributed by atoms with Gasteiger partial charge in [0, 0.05) is 6.04 Å². The van der Waals surface area contributed by atoms with E-state index in [4.69, 9.17) is 0 Å². The topological polar surface area (TPSA) is 70.9 Å². The van der Waals surface area contributed by atoms with Crippen LogP contribution in [0, 0.1) is 6.92 Å². The first-order chi connectivity index (χ1) is 11.8. The molecule has 2 rings (SSSR count). The molecule has 1 heterocycles. The van der Waals surface area contributed by atoms with Gasteiger partial charge >= 0.3 is 0 Å². The first-order valence-electron chi connectivity index (χ1n) is 9.02. The largest absolute Gasteiger partial charge is 0.349 e. The fourth-order valence-electron chi connectivity index (χ4n) is 3.14. The summed E-state index contributed by atoms with van der Waals surface area (Å²) in [6.07, 6.45) is 2.02. The zero-order valence-corrected chi connectivity index (χ0v) is 16.2. The monoisotopic (exact) mass is 368 g/mol. The van der Waals surface area contributed by atoms with E-state index in [9.17, 15) is 13.2 Å². The number of carbonyl (C=O) groups is 1. The van der Waals surface area contributed by atoms with Crippen LogP contribution in [0.4, 0.5) is 0 Å². The summed E-state index contributed by atoms with van der Waals surface area (Å²) in [5.41, 5.74) is 1.04. The molecule has 1 atom stereocenters. The first-order valence-corrected chi connectivity index (χ1v) is 10.5. The highest BCUT2D eigenvalue weighted by atomic mass is 32.2. The van der Waals surface area contributed by atoms with Crippen LogP contribution in [0.2, 0.25) is 0 Å². The van der Waals surface area contributed by atoms with E-state index in [1.807, 2.05) is 26.0 Å². The molecule has 1 aromatic rings. The van der Waals surface area contributed by atoms with Gasteiger partial charge in [-0.25, -0.2) is 8.42 Å². The van der Waals surface area contributed by atoms with Crippen molar-refractivity contribution in [1.82, 2.24) is 9.62 Å². The second kappa shape index (κ2) is 8.78. The molecule has 25 heavy (non-hydrogen) atoms. The molecular weight excluding hydrogens is 338 g/mol. The lowest BCUT2D eigenvalue weighted by molar-refractivity contribution is -0.895. The van der Waals surface area contributed by atoms with Gasteiger partial charge in [0.25, 0.3) is 5.91 Å². The van der Waals surface area contributed by atoms with Crippen molar-refractivity contribution in [3.05, 3.63) is 29.8 Å². The summed E-state index contributed by atoms with van der Waals surface area (Å²) in [5.74, 6) is 0.0470. The second-order valence-electron chi connectivity index (χ2n) is 6.90. The highest BCUT2D eigenvalue weighted by Gasteiger charge is 2.31. The predicted molar refractivity (Wildman–Crippen MR) is 98.0 cm³/mol. The van der Waals surface area contributed by atoms with E-state index in [2.05, 4.69) is 12.2 Å². The van der Waals surface area contributed by atoms with Gasteiger partial charge in [0.2, 0.25) is 10.0 Å². The number of rotatable bonds is 7. The molecule has 0 spiro atoms. The smallest absolute Gasteiger partial charge is 0.275 e. The molecule has 0 unspecified atom stereocenters. The predicted octanol–water partition coefficient (Wildman–Crippen LogP) is 0.189. The van der Waals surface area contributed by atoms with Gasteiger partial charge in [-0.3, -0.25) is 4.79 Å². The van der Waals surface area contributed by atoms with Crippen molar-refractivity contribution < 1.29 is 18.1 Å². The molecule has 2 N–H and O–H groups in total. The zero-order chi connectivity index (χ0) is 18.4. The Hall–Kier alpha value is -1.44. The zero-order valence-electron chi connectivity index (χ0n) is 15.4. The van der Waals surface area contributed by atoms with Gasteiger partial charge in [-0.1, -0.05) is 31.0 Å². The molecule has 0 saturated carbocycles. The van der Waals surface area contributed by atoms with E-state index in [1.54, 1.807) is 12.1 Å². The van der Waals surface area contributed by atoms with E-state index < -0.39 is 10.0 Å². The molecular formula is C18H30N3O3S+. The van der Waals surface area contributed by atoms with Gasteiger partial charge in [-0.05, 0) is 32.4 Å². The Bertz CT molecular complexity index is 665. The van der Waals surface area contributed by atoms with Crippen molar-refractivity contribution in [2.24, 2.45) is 0 Å². The van der Waals surface area contributed by atoms with Crippen LogP contribution in [0.25, 0.3) is 0 Å². The third-order valence-electron chi connectivity index (χ3n) is 4.63. The number of quaternary nitrogens is 1. The number of hydrogen-bond donors (Lipinski definition) is 2. The molecule has 1 amide bonds. The SMILES string of the molecule is CCC[C@H](C)NC(=O)C[NH+]1CCN(S(=O)(=O)c2ccc(C)cc2)CC1. The third kappa shape index (κ3) is 5.52. The highest BCUT2D eigenvalue weighted by Crippen LogP contribution is 2.16. The van der Waals surface area contributed by atoms with Crippen LogP contribution in [0.15, 0.2) is 29.2 Å². The number of piperazine rings is 1. The van der Waals surface area contributed by atoms with Crippen molar-refractivity contribution in [3.63, 3.8) is 0 Å². The van der Waals surface area contributed by atoms with E-state index in [0.29, 0.717) is 37.6 Å². The quantitative estimate of drug-likeness (QED) is 0.722. The number of nitrogens with zero attached hydrogens (tertiary/aromatic N) is 1. The molecule has 1 fully saturated rings. The molecule has 6 nitrogen and oxygen atoms in total. The fraction of sp³-hybridized carbons (Fsp3) is 0.611. The van der Waals surface area contributed by atoms with Crippen LogP contribution in [0.3, 0.4) is 0 Å². The van der Waals surface area contributed by atoms with Crippen molar-refractivity contribution >= 4 is 15.9 Å². The average Bonchev–Trinajstić information content (AvgIpc) is 2.55. The Balaban J connectivity index is 1.86. The molecule has 1 aliphatic heterocycles. The summed E-state index contributed by atoms with van der Waals surface area (Å²) in [5, 5.41) is 3.01. The third-order valence-corrected chi connectivity index (χ3v) is 6.54. The van der Waals surface area contributed by atoms with Crippen LogP contribution in [-0.4, -0.2) is 57.4 Å². The van der Waals surface area contributed by atoms with Gasteiger partial charge in [-0.2, -0.15) is 4.31 Å². The number of hydrogen-bond acceptors (Lipinski definition) is 3. The summed E-state index contributed by atoms with van der Waals surface area (Å²) in [6.45, 7) is 8.66. The van der Waals surface area contributed by atoms with Gasteiger partial charge in [0.1, 0.15) is 0 Å². The Morgan fingerprint density at radius 3 is 2.40 bits per heavy atom. The van der Waals surface area contributed by atoms with Crippen LogP contribution >= 0.6 is 0 Å². The summed E-state index contributed by atoms with van der Waals surface area (Å²) in [6, 6.07) is 7.14. The first kappa shape index (κ1) is 19.9. The molecule has 1 saturated heterocycles. The highest BCUT2D eigenvalue weighted by molar-refractivity contribution is 7.89. The molecule has 7 heteroatoms. The van der Waals surface area contributed by atoms with Crippen molar-refractivity contribution in [2.75, 3.05) is 32.7 Å². The number of nitrogens with one attached hydrogen (secondary N) is 2. The van der Waals surface area contributed by atoms with Crippen LogP contribution in [-0.2, 0) is 14.8 Å². The van der Waals surface area contributed by atoms with Gasteiger partial charge in [-0.15, -0.1) is 0 Å². The lowest BCUT2D eigenvalue weighted by Gasteiger charge is -2.31. The van der Waals surface area contributed by atoms with Crippen LogP contribution in [0.5, 0.6) is 0 Å². The Morgan fingerprint density at radius 2 is 1.84 bits per heavy atom. The van der Waals surface area contributed by atoms with Crippen LogP contribution in [0.1, 0.15) is 32.3 Å². The Labute approximate surface area is 151 Å². The summed E-state index contributed by atoms with van der Waals surface area (Å²) in [4.78, 5) is 13.5. The van der Waals surface area contributed by atoms with Gasteiger partial charge in [0.15, 0.2) is 6.54 Å². The maximum Gasteiger partial charge on any atom is 0.275 e. The average molecular weight is 369 g/mol. The van der Waals surface area contributed by atoms with Crippen molar-refractivity contribution in [3.8, 4) is 0 Å². The van der Waals surface area contributed by atoms with E-state index in [0.717, 1.165) is 23.3 Å². The Morgan fingerprint density at radius 1 is 1.24 bits per heavy atom. The van der Waals surface area contributed by atoms with E-state index in [-0.39, 0.29) is 11.9 Å². The molecule has 140 valence electrons. The van der Waals surface area contributed by atoms with Crippen molar-refractivity contribution in [1.29, 1.82) is 0 Å². The number of benzene rings is 1. The molecule has 0 radical (unpaired) electrons. The summed E-state index contributed by atoms with van der Waals surface area (Å²) >= 11 is 0. The van der Waals surface area contributed by atoms with Crippen molar-refractivity contribution in [2.45, 2.75) is 44.6 Å². The number of sulfonamides is 1. The van der Waals surface area contributed by atoms with Gasteiger partial charge < -0.3 is 10.2 Å². The minimum absolute atomic E-state index is 0.0470. The number of carbonyl (C=O) groups excluding carboxylic acids is 1. The maximum absolute atomic E-state index is 12.7. The lowest BCUT2D eigenvalue weighted by Crippen LogP contribution is -3.15. The molecule has 0 aliphatic carbocycles. The second-order valence-corrected chi connectivity index (χ2v) is 8.84. The summed E-state index contributed by atoms with van der Waals surface area (Å²) < 4.78 is 26.9. The standard InChI is InChI=1S/C18H29N3O3S/c1-4-5-16(3)19-18(22)14-20-10-12-21(13-11-20)25(23,24)17-8-6-15(2)7-9-17/h6-9,16H,4-5,10-14H2,1-3H3,(H,19,22)/p+1/t16-/m0/s1. The normalized spacial score (nSPS) is 18.0. The molecule has 0 aromatic heterocycles. The molecule has 1 aromatic carbocycles. The number of amides is 1. The van der Waals surface area contributed by atoms with E-state index >= 15 is 0 Å². The minimum Gasteiger partial charge on any atom is -0.349 e. The van der Waals surface area contributed by atoms with E-state index in [1.165, 1.54) is 4.31 Å². The molecule has 0 bridgehead atoms. The Kier molecular flexibility index (Phi) is 6.98. The lowest BCUT2D eigenvalue weighted by atomic mass is 10.2. The fourth-order valence-corrected chi connectivity index (χ4v) is 4.58. The minimum atomic E-state index is -3.44. The van der Waals surface area contributed by atoms with Crippen LogP contribution < -0.4 is 10.2 Å². The molecule has 1 aliphatic rings. The summed E-state index contributed by atoms with van der Waals surface area (Å²) in [7, 11) is -3.44. The number of aryl methyl sites for hydroxylation is 1. The van der Waals surface area contributed by atoms with Gasteiger partial charge in [0.05, 0.1) is 31.1 Å².